The Balaban J connectivity index is 1.53. The van der Waals surface area contributed by atoms with Crippen LogP contribution in [-0.4, -0.2) is 31.5 Å². The number of hydrogen-bond acceptors (Lipinski definition) is 4. The molecule has 0 atom stereocenters. The minimum atomic E-state index is -0.389. The van der Waals surface area contributed by atoms with Gasteiger partial charge >= 0.3 is 0 Å². The molecule has 1 amide bonds. The molecule has 5 rings (SSSR count). The summed E-state index contributed by atoms with van der Waals surface area (Å²) >= 11 is 1.41. The SMILES string of the molecule is CCC(CC)C1=NN2C(=N)C(=Cc3cn(Cc4ccccc4)c4ccccc34)C(=O)N=C2S1. The van der Waals surface area contributed by atoms with Crippen molar-refractivity contribution in [3.63, 3.8) is 0 Å². The van der Waals surface area contributed by atoms with E-state index in [2.05, 4.69) is 46.7 Å². The molecule has 3 heterocycles. The van der Waals surface area contributed by atoms with Crippen LogP contribution in [0.3, 0.4) is 0 Å². The average molecular weight is 456 g/mol. The van der Waals surface area contributed by atoms with Gasteiger partial charge in [0.05, 0.1) is 5.57 Å². The van der Waals surface area contributed by atoms with Gasteiger partial charge < -0.3 is 4.57 Å². The lowest BCUT2D eigenvalue weighted by Gasteiger charge is -2.20. The third kappa shape index (κ3) is 3.93. The molecule has 7 heteroatoms. The minimum absolute atomic E-state index is 0.0818. The van der Waals surface area contributed by atoms with Gasteiger partial charge in [-0.05, 0) is 42.3 Å². The third-order valence-electron chi connectivity index (χ3n) is 6.12. The molecule has 2 aromatic carbocycles. The summed E-state index contributed by atoms with van der Waals surface area (Å²) in [5, 5.41) is 17.3. The second kappa shape index (κ2) is 8.83. The van der Waals surface area contributed by atoms with E-state index in [4.69, 9.17) is 5.41 Å². The molecule has 1 aromatic heterocycles. The average Bonchev–Trinajstić information content (AvgIpc) is 3.40. The van der Waals surface area contributed by atoms with Crippen LogP contribution in [0.2, 0.25) is 0 Å². The largest absolute Gasteiger partial charge is 0.342 e. The van der Waals surface area contributed by atoms with E-state index in [1.807, 2.05) is 42.6 Å². The van der Waals surface area contributed by atoms with E-state index in [1.165, 1.54) is 22.3 Å². The maximum absolute atomic E-state index is 12.9. The number of carbonyl (C=O) groups excluding carboxylic acids is 1. The van der Waals surface area contributed by atoms with E-state index in [-0.39, 0.29) is 17.3 Å². The van der Waals surface area contributed by atoms with Crippen LogP contribution in [0.25, 0.3) is 17.0 Å². The summed E-state index contributed by atoms with van der Waals surface area (Å²) in [7, 11) is 0. The van der Waals surface area contributed by atoms with Crippen LogP contribution in [0, 0.1) is 11.3 Å². The zero-order valence-electron chi connectivity index (χ0n) is 18.7. The number of rotatable bonds is 6. The first-order valence-corrected chi connectivity index (χ1v) is 12.0. The highest BCUT2D eigenvalue weighted by Gasteiger charge is 2.37. The third-order valence-corrected chi connectivity index (χ3v) is 7.19. The molecule has 0 radical (unpaired) electrons. The Labute approximate surface area is 197 Å². The fraction of sp³-hybridized carbons (Fsp3) is 0.231. The number of para-hydroxylation sites is 1. The van der Waals surface area contributed by atoms with Gasteiger partial charge in [-0.25, -0.2) is 0 Å². The number of hydrogen-bond donors (Lipinski definition) is 1. The molecular weight excluding hydrogens is 430 g/mol. The topological polar surface area (TPSA) is 73.8 Å². The number of amidine groups is 2. The monoisotopic (exact) mass is 455 g/mol. The van der Waals surface area contributed by atoms with Crippen molar-refractivity contribution in [3.05, 3.63) is 77.5 Å². The van der Waals surface area contributed by atoms with Gasteiger partial charge in [0.15, 0.2) is 5.84 Å². The Kier molecular flexibility index (Phi) is 5.72. The zero-order valence-corrected chi connectivity index (χ0v) is 19.5. The van der Waals surface area contributed by atoms with E-state index >= 15 is 0 Å². The molecule has 3 aromatic rings. The summed E-state index contributed by atoms with van der Waals surface area (Å²) in [6, 6.07) is 18.4. The van der Waals surface area contributed by atoms with Crippen LogP contribution in [0.5, 0.6) is 0 Å². The van der Waals surface area contributed by atoms with Gasteiger partial charge in [-0.15, -0.1) is 0 Å². The van der Waals surface area contributed by atoms with Crippen molar-refractivity contribution >= 4 is 50.7 Å². The van der Waals surface area contributed by atoms with E-state index in [0.717, 1.165) is 40.9 Å². The molecule has 0 bridgehead atoms. The standard InChI is InChI=1S/C26H25N5OS/c1-3-18(4-2)25-29-31-23(27)21(24(32)28-26(31)33-25)14-19-16-30(15-17-10-6-5-7-11-17)22-13-9-8-12-20(19)22/h5-14,16,18,27H,3-4,15H2,1-2H3. The fourth-order valence-electron chi connectivity index (χ4n) is 4.27. The molecule has 0 aliphatic carbocycles. The summed E-state index contributed by atoms with van der Waals surface area (Å²) in [6.45, 7) is 4.98. The van der Waals surface area contributed by atoms with Crippen molar-refractivity contribution in [2.75, 3.05) is 0 Å². The molecule has 166 valence electrons. The first kappa shape index (κ1) is 21.4. The Morgan fingerprint density at radius 1 is 1.06 bits per heavy atom. The highest BCUT2D eigenvalue weighted by Crippen LogP contribution is 2.33. The Bertz CT molecular complexity index is 1330. The second-order valence-corrected chi connectivity index (χ2v) is 9.17. The van der Waals surface area contributed by atoms with Crippen LogP contribution >= 0.6 is 11.8 Å². The van der Waals surface area contributed by atoms with Crippen molar-refractivity contribution in [1.29, 1.82) is 5.41 Å². The summed E-state index contributed by atoms with van der Waals surface area (Å²) in [5.41, 5.74) is 3.43. The maximum atomic E-state index is 12.9. The lowest BCUT2D eigenvalue weighted by atomic mass is 10.1. The van der Waals surface area contributed by atoms with Crippen molar-refractivity contribution < 1.29 is 4.79 Å². The fourth-order valence-corrected chi connectivity index (χ4v) is 5.42. The minimum Gasteiger partial charge on any atom is -0.342 e. The first-order chi connectivity index (χ1) is 16.1. The number of amides is 1. The summed E-state index contributed by atoms with van der Waals surface area (Å²) in [5.74, 6) is 0.00702. The van der Waals surface area contributed by atoms with E-state index < -0.39 is 0 Å². The highest BCUT2D eigenvalue weighted by atomic mass is 32.2. The number of aromatic nitrogens is 1. The van der Waals surface area contributed by atoms with E-state index in [9.17, 15) is 4.79 Å². The lowest BCUT2D eigenvalue weighted by molar-refractivity contribution is -0.114. The van der Waals surface area contributed by atoms with Crippen LogP contribution in [0.15, 0.2) is 76.5 Å². The van der Waals surface area contributed by atoms with Gasteiger partial charge in [-0.1, -0.05) is 62.4 Å². The predicted molar refractivity (Wildman–Crippen MR) is 137 cm³/mol. The number of fused-ring (bicyclic) bond motifs is 2. The molecule has 0 saturated carbocycles. The lowest BCUT2D eigenvalue weighted by Crippen LogP contribution is -2.35. The number of nitrogens with zero attached hydrogens (tertiary/aromatic N) is 4. The van der Waals surface area contributed by atoms with Crippen LogP contribution in [0.4, 0.5) is 0 Å². The number of thioether (sulfide) groups is 1. The summed E-state index contributed by atoms with van der Waals surface area (Å²) in [4.78, 5) is 17.2. The van der Waals surface area contributed by atoms with Gasteiger partial charge in [-0.3, -0.25) is 10.2 Å². The van der Waals surface area contributed by atoms with Crippen molar-refractivity contribution in [2.45, 2.75) is 33.2 Å². The van der Waals surface area contributed by atoms with Crippen molar-refractivity contribution in [1.82, 2.24) is 9.58 Å². The first-order valence-electron chi connectivity index (χ1n) is 11.2. The van der Waals surface area contributed by atoms with Gasteiger partial charge in [0.1, 0.15) is 5.04 Å². The zero-order chi connectivity index (χ0) is 22.9. The van der Waals surface area contributed by atoms with Crippen LogP contribution in [0.1, 0.15) is 37.8 Å². The molecule has 0 unspecified atom stereocenters. The summed E-state index contributed by atoms with van der Waals surface area (Å²) < 4.78 is 2.18. The van der Waals surface area contributed by atoms with Crippen LogP contribution < -0.4 is 0 Å². The molecule has 33 heavy (non-hydrogen) atoms. The van der Waals surface area contributed by atoms with Gasteiger partial charge in [0, 0.05) is 35.1 Å². The Morgan fingerprint density at radius 2 is 1.79 bits per heavy atom. The molecule has 1 N–H and O–H groups in total. The second-order valence-electron chi connectivity index (χ2n) is 8.19. The van der Waals surface area contributed by atoms with Crippen molar-refractivity contribution in [3.8, 4) is 0 Å². The molecule has 0 fully saturated rings. The predicted octanol–water partition coefficient (Wildman–Crippen LogP) is 5.74. The van der Waals surface area contributed by atoms with Crippen LogP contribution in [-0.2, 0) is 11.3 Å². The molecule has 0 saturated heterocycles. The quantitative estimate of drug-likeness (QED) is 0.481. The van der Waals surface area contributed by atoms with Crippen molar-refractivity contribution in [2.24, 2.45) is 16.0 Å². The Morgan fingerprint density at radius 3 is 2.55 bits per heavy atom. The molecule has 6 nitrogen and oxygen atoms in total. The number of carbonyl (C=O) groups is 1. The van der Waals surface area contributed by atoms with E-state index in [1.54, 1.807) is 6.08 Å². The normalized spacial score (nSPS) is 17.2. The number of aliphatic imine (C=N–C) groups is 1. The van der Waals surface area contributed by atoms with Gasteiger partial charge in [0.25, 0.3) is 5.91 Å². The van der Waals surface area contributed by atoms with E-state index in [0.29, 0.717) is 11.1 Å². The smallest absolute Gasteiger partial charge is 0.283 e. The number of nitrogens with one attached hydrogen (secondary N) is 1. The highest BCUT2D eigenvalue weighted by molar-refractivity contribution is 8.27. The number of benzene rings is 2. The molecule has 0 spiro atoms. The summed E-state index contributed by atoms with van der Waals surface area (Å²) in [6.07, 6.45) is 5.76. The van der Waals surface area contributed by atoms with Gasteiger partial charge in [-0.2, -0.15) is 15.1 Å². The number of hydrazone groups is 1. The molecule has 2 aliphatic heterocycles. The maximum Gasteiger partial charge on any atom is 0.283 e. The van der Waals surface area contributed by atoms with Gasteiger partial charge in [0.2, 0.25) is 5.17 Å². The molecular formula is C26H25N5OS. The Hall–Kier alpha value is -3.45. The molecule has 2 aliphatic rings.